The summed E-state index contributed by atoms with van der Waals surface area (Å²) >= 11 is 1.75. The van der Waals surface area contributed by atoms with E-state index in [1.54, 1.807) is 11.3 Å². The van der Waals surface area contributed by atoms with Crippen LogP contribution in [0.1, 0.15) is 36.9 Å². The molecule has 0 spiro atoms. The monoisotopic (exact) mass is 287 g/mol. The van der Waals surface area contributed by atoms with Gasteiger partial charge < -0.3 is 5.11 Å². The van der Waals surface area contributed by atoms with E-state index < -0.39 is 5.60 Å². The molecule has 1 fully saturated rings. The molecule has 1 N–H and O–H groups in total. The summed E-state index contributed by atoms with van der Waals surface area (Å²) in [5.74, 6) is 0. The zero-order valence-corrected chi connectivity index (χ0v) is 12.6. The minimum atomic E-state index is -0.792. The second-order valence-corrected chi connectivity index (χ2v) is 6.61. The van der Waals surface area contributed by atoms with E-state index in [-0.39, 0.29) is 0 Å². The Morgan fingerprint density at radius 1 is 1.30 bits per heavy atom. The first-order valence-electron chi connectivity index (χ1n) is 7.21. The molecule has 1 aliphatic rings. The molecule has 0 bridgehead atoms. The molecule has 2 atom stereocenters. The number of thiophene rings is 1. The lowest BCUT2D eigenvalue weighted by Gasteiger charge is -2.33. The Bertz CT molecular complexity index is 535. The number of nitrogens with zero attached hydrogens (tertiary/aromatic N) is 1. The minimum Gasteiger partial charge on any atom is -0.384 e. The normalized spacial score (nSPS) is 22.8. The third kappa shape index (κ3) is 2.80. The van der Waals surface area contributed by atoms with E-state index in [2.05, 4.69) is 21.7 Å². The van der Waals surface area contributed by atoms with Crippen LogP contribution in [0.15, 0.2) is 47.2 Å². The average Bonchev–Trinajstić information content (AvgIpc) is 3.10. The topological polar surface area (TPSA) is 23.5 Å². The number of hydrogen-bond donors (Lipinski definition) is 1. The Balaban J connectivity index is 1.76. The summed E-state index contributed by atoms with van der Waals surface area (Å²) in [5.41, 5.74) is 1.60. The molecule has 1 aromatic carbocycles. The fourth-order valence-corrected chi connectivity index (χ4v) is 3.85. The van der Waals surface area contributed by atoms with E-state index in [4.69, 9.17) is 0 Å². The van der Waals surface area contributed by atoms with E-state index >= 15 is 0 Å². The lowest BCUT2D eigenvalue weighted by Crippen LogP contribution is -2.38. The summed E-state index contributed by atoms with van der Waals surface area (Å²) in [6.07, 6.45) is 2.41. The van der Waals surface area contributed by atoms with Gasteiger partial charge in [-0.25, -0.2) is 0 Å². The Hall–Kier alpha value is -1.16. The molecule has 0 amide bonds. The molecule has 2 heterocycles. The molecular weight excluding hydrogens is 266 g/mol. The first-order chi connectivity index (χ1) is 9.67. The lowest BCUT2D eigenvalue weighted by atomic mass is 9.95. The average molecular weight is 287 g/mol. The lowest BCUT2D eigenvalue weighted by molar-refractivity contribution is 0.0117. The van der Waals surface area contributed by atoms with Crippen LogP contribution in [0.3, 0.4) is 0 Å². The molecule has 2 unspecified atom stereocenters. The van der Waals surface area contributed by atoms with Crippen LogP contribution in [0.4, 0.5) is 0 Å². The van der Waals surface area contributed by atoms with Crippen LogP contribution >= 0.6 is 11.3 Å². The molecule has 1 aliphatic heterocycles. The molecular formula is C17H21NOS. The predicted octanol–water partition coefficient (Wildman–Crippen LogP) is 3.79. The highest BCUT2D eigenvalue weighted by Gasteiger charge is 2.33. The highest BCUT2D eigenvalue weighted by atomic mass is 32.1. The SMILES string of the molecule is CC(O)(CN1CCCC1c1ccsc1)c1ccccc1. The van der Waals surface area contributed by atoms with Crippen molar-refractivity contribution >= 4 is 11.3 Å². The van der Waals surface area contributed by atoms with Crippen molar-refractivity contribution in [3.8, 4) is 0 Å². The summed E-state index contributed by atoms with van der Waals surface area (Å²) in [6.45, 7) is 3.69. The smallest absolute Gasteiger partial charge is 0.0995 e. The third-order valence-corrected chi connectivity index (χ3v) is 4.90. The van der Waals surface area contributed by atoms with Gasteiger partial charge in [-0.1, -0.05) is 30.3 Å². The molecule has 1 aromatic heterocycles. The minimum absolute atomic E-state index is 0.469. The van der Waals surface area contributed by atoms with Crippen molar-refractivity contribution in [2.24, 2.45) is 0 Å². The van der Waals surface area contributed by atoms with Crippen molar-refractivity contribution in [2.75, 3.05) is 13.1 Å². The van der Waals surface area contributed by atoms with Crippen molar-refractivity contribution in [1.29, 1.82) is 0 Å². The Kier molecular flexibility index (Phi) is 3.92. The van der Waals surface area contributed by atoms with Gasteiger partial charge >= 0.3 is 0 Å². The van der Waals surface area contributed by atoms with Crippen molar-refractivity contribution in [3.05, 3.63) is 58.3 Å². The molecule has 1 saturated heterocycles. The number of rotatable bonds is 4. The Morgan fingerprint density at radius 2 is 2.10 bits per heavy atom. The van der Waals surface area contributed by atoms with Crippen molar-refractivity contribution < 1.29 is 5.11 Å². The van der Waals surface area contributed by atoms with Crippen LogP contribution in [-0.2, 0) is 5.60 Å². The van der Waals surface area contributed by atoms with Crippen LogP contribution in [0.5, 0.6) is 0 Å². The quantitative estimate of drug-likeness (QED) is 0.924. The van der Waals surface area contributed by atoms with Crippen LogP contribution in [0, 0.1) is 0 Å². The largest absolute Gasteiger partial charge is 0.384 e. The Morgan fingerprint density at radius 3 is 2.80 bits per heavy atom. The third-order valence-electron chi connectivity index (χ3n) is 4.20. The summed E-state index contributed by atoms with van der Waals surface area (Å²) in [5, 5.41) is 15.2. The molecule has 0 saturated carbocycles. The van der Waals surface area contributed by atoms with Gasteiger partial charge in [0.05, 0.1) is 5.60 Å². The van der Waals surface area contributed by atoms with Crippen molar-refractivity contribution in [3.63, 3.8) is 0 Å². The second-order valence-electron chi connectivity index (χ2n) is 5.83. The van der Waals surface area contributed by atoms with Crippen LogP contribution in [0.2, 0.25) is 0 Å². The molecule has 0 aliphatic carbocycles. The van der Waals surface area contributed by atoms with E-state index in [0.29, 0.717) is 12.6 Å². The van der Waals surface area contributed by atoms with Crippen LogP contribution in [0.25, 0.3) is 0 Å². The number of β-amino-alcohol motifs (C(OH)–C–C–N with tert-alkyl or cyclic N) is 1. The van der Waals surface area contributed by atoms with E-state index in [1.807, 2.05) is 37.3 Å². The van der Waals surface area contributed by atoms with Gasteiger partial charge in [-0.05, 0) is 54.3 Å². The van der Waals surface area contributed by atoms with Crippen molar-refractivity contribution in [2.45, 2.75) is 31.4 Å². The summed E-state index contributed by atoms with van der Waals surface area (Å²) in [6, 6.07) is 12.7. The molecule has 0 radical (unpaired) electrons. The van der Waals surface area contributed by atoms with E-state index in [1.165, 1.54) is 18.4 Å². The summed E-state index contributed by atoms with van der Waals surface area (Å²) < 4.78 is 0. The highest BCUT2D eigenvalue weighted by Crippen LogP contribution is 2.35. The number of benzene rings is 1. The Labute approximate surface area is 124 Å². The standard InChI is InChI=1S/C17H21NOS/c1-17(19,15-6-3-2-4-7-15)13-18-10-5-8-16(18)14-9-11-20-12-14/h2-4,6-7,9,11-12,16,19H,5,8,10,13H2,1H3. The molecule has 3 heteroatoms. The van der Waals surface area contributed by atoms with Crippen LogP contribution in [-0.4, -0.2) is 23.1 Å². The molecule has 2 nitrogen and oxygen atoms in total. The van der Waals surface area contributed by atoms with E-state index in [0.717, 1.165) is 12.1 Å². The highest BCUT2D eigenvalue weighted by molar-refractivity contribution is 7.07. The second kappa shape index (κ2) is 5.68. The van der Waals surface area contributed by atoms with Gasteiger partial charge in [-0.2, -0.15) is 11.3 Å². The number of aliphatic hydroxyl groups is 1. The van der Waals surface area contributed by atoms with Gasteiger partial charge in [-0.3, -0.25) is 4.90 Å². The van der Waals surface area contributed by atoms with Gasteiger partial charge in [0, 0.05) is 12.6 Å². The molecule has 2 aromatic rings. The fraction of sp³-hybridized carbons (Fsp3) is 0.412. The van der Waals surface area contributed by atoms with Gasteiger partial charge in [0.1, 0.15) is 0 Å². The van der Waals surface area contributed by atoms with E-state index in [9.17, 15) is 5.11 Å². The zero-order chi connectivity index (χ0) is 14.0. The predicted molar refractivity (Wildman–Crippen MR) is 83.9 cm³/mol. The number of likely N-dealkylation sites (tertiary alicyclic amines) is 1. The maximum Gasteiger partial charge on any atom is 0.0995 e. The molecule has 20 heavy (non-hydrogen) atoms. The molecule has 106 valence electrons. The fourth-order valence-electron chi connectivity index (χ4n) is 3.14. The summed E-state index contributed by atoms with van der Waals surface area (Å²) in [7, 11) is 0. The maximum atomic E-state index is 10.8. The van der Waals surface area contributed by atoms with Gasteiger partial charge in [0.2, 0.25) is 0 Å². The first-order valence-corrected chi connectivity index (χ1v) is 8.15. The van der Waals surface area contributed by atoms with Crippen molar-refractivity contribution in [1.82, 2.24) is 4.90 Å². The van der Waals surface area contributed by atoms with Gasteiger partial charge in [0.15, 0.2) is 0 Å². The zero-order valence-electron chi connectivity index (χ0n) is 11.8. The van der Waals surface area contributed by atoms with Crippen LogP contribution < -0.4 is 0 Å². The van der Waals surface area contributed by atoms with Gasteiger partial charge in [-0.15, -0.1) is 0 Å². The number of hydrogen-bond acceptors (Lipinski definition) is 3. The first kappa shape index (κ1) is 13.8. The summed E-state index contributed by atoms with van der Waals surface area (Å²) in [4.78, 5) is 2.43. The maximum absolute atomic E-state index is 10.8. The van der Waals surface area contributed by atoms with Gasteiger partial charge in [0.25, 0.3) is 0 Å². The molecule has 3 rings (SSSR count).